The van der Waals surface area contributed by atoms with Crippen LogP contribution in [0.4, 0.5) is 0 Å². The van der Waals surface area contributed by atoms with E-state index >= 15 is 0 Å². The van der Waals surface area contributed by atoms with E-state index in [-0.39, 0.29) is 54.3 Å². The number of aliphatic hydroxyl groups is 1. The quantitative estimate of drug-likeness (QED) is 0.428. The number of rotatable bonds is 2. The molecule has 0 aliphatic carbocycles. The first kappa shape index (κ1) is 12.5. The number of amides is 1. The summed E-state index contributed by atoms with van der Waals surface area (Å²) in [7, 11) is 0. The van der Waals surface area contributed by atoms with E-state index in [1.165, 1.54) is 11.0 Å². The molecule has 0 aromatic carbocycles. The third-order valence-electron chi connectivity index (χ3n) is 2.29. The molecule has 6 nitrogen and oxygen atoms in total. The van der Waals surface area contributed by atoms with Crippen LogP contribution in [0.25, 0.3) is 0 Å². The van der Waals surface area contributed by atoms with Crippen molar-refractivity contribution in [2.45, 2.75) is 18.7 Å². The summed E-state index contributed by atoms with van der Waals surface area (Å²) >= 11 is 0. The Hall–Kier alpha value is -0.560. The average molecular weight is 223 g/mol. The minimum atomic E-state index is -1.14. The summed E-state index contributed by atoms with van der Waals surface area (Å²) in [5.74, 6) is -1.22. The first-order valence-electron chi connectivity index (χ1n) is 4.16. The van der Waals surface area contributed by atoms with E-state index in [9.17, 15) is 9.59 Å². The van der Waals surface area contributed by atoms with Crippen LogP contribution < -0.4 is 0 Å². The predicted octanol–water partition coefficient (Wildman–Crippen LogP) is -1.74. The van der Waals surface area contributed by atoms with Gasteiger partial charge in [0, 0.05) is 0 Å². The number of carboxylic acid groups (broad SMARTS) is 1. The number of aliphatic hydroxyl groups excluding tert-OH is 1. The molecule has 0 spiro atoms. The molecule has 0 radical (unpaired) electrons. The van der Waals surface area contributed by atoms with Crippen molar-refractivity contribution in [2.75, 3.05) is 6.61 Å². The molecule has 2 aliphatic heterocycles. The van der Waals surface area contributed by atoms with E-state index < -0.39 is 18.2 Å². The number of carbonyl (C=O) groups excluding carboxylic acids is 1. The van der Waals surface area contributed by atoms with E-state index in [2.05, 4.69) is 0 Å². The Labute approximate surface area is 108 Å². The summed E-state index contributed by atoms with van der Waals surface area (Å²) in [5, 5.41) is 17.5. The Morgan fingerprint density at radius 2 is 2.33 bits per heavy atom. The molecular weight excluding hydrogens is 213 g/mol. The maximum absolute atomic E-state index is 11.1. The van der Waals surface area contributed by atoms with Gasteiger partial charge in [0.05, 0.1) is 13.0 Å². The van der Waals surface area contributed by atoms with E-state index in [1.807, 2.05) is 0 Å². The summed E-state index contributed by atoms with van der Waals surface area (Å²) in [6.07, 6.45) is 1.03. The van der Waals surface area contributed by atoms with Gasteiger partial charge in [-0.2, -0.15) is 0 Å². The number of aliphatic carboxylic acids is 1. The van der Waals surface area contributed by atoms with Gasteiger partial charge in [-0.15, -0.1) is 0 Å². The van der Waals surface area contributed by atoms with Crippen LogP contribution in [0, 0.1) is 0 Å². The molecule has 78 valence electrons. The topological polar surface area (TPSA) is 87.1 Å². The van der Waals surface area contributed by atoms with Crippen molar-refractivity contribution in [1.82, 2.24) is 4.90 Å². The molecule has 2 N–H and O–H groups in total. The van der Waals surface area contributed by atoms with Gasteiger partial charge in [-0.1, -0.05) is 0 Å². The SMILES string of the molecule is O=C(O)C1C(=CCO)OC2CC(=O)N21.[NaH]. The fraction of sp³-hybridized carbons (Fsp3) is 0.500. The minimum absolute atomic E-state index is 0. The molecule has 7 heteroatoms. The monoisotopic (exact) mass is 223 g/mol. The van der Waals surface area contributed by atoms with Crippen molar-refractivity contribution in [3.63, 3.8) is 0 Å². The number of carboxylic acids is 1. The first-order chi connectivity index (χ1) is 6.65. The second kappa shape index (κ2) is 4.52. The van der Waals surface area contributed by atoms with Crippen LogP contribution in [-0.4, -0.2) is 75.4 Å². The molecule has 2 atom stereocenters. The number of hydrogen-bond donors (Lipinski definition) is 2. The Balaban J connectivity index is 0.00000112. The Morgan fingerprint density at radius 1 is 1.67 bits per heavy atom. The van der Waals surface area contributed by atoms with Crippen molar-refractivity contribution in [1.29, 1.82) is 0 Å². The third kappa shape index (κ3) is 1.90. The fourth-order valence-corrected chi connectivity index (χ4v) is 1.66. The summed E-state index contributed by atoms with van der Waals surface area (Å²) in [4.78, 5) is 23.1. The standard InChI is InChI=1S/C8H9NO5.Na.H/c10-2-1-4-7(8(12)13)9-5(11)3-6(9)14-4;;/h1,6-7,10H,2-3H2,(H,12,13);;. The summed E-state index contributed by atoms with van der Waals surface area (Å²) in [6.45, 7) is -0.298. The van der Waals surface area contributed by atoms with Crippen LogP contribution in [0.1, 0.15) is 6.42 Å². The summed E-state index contributed by atoms with van der Waals surface area (Å²) in [6, 6.07) is -1.06. The third-order valence-corrected chi connectivity index (χ3v) is 2.29. The summed E-state index contributed by atoms with van der Waals surface area (Å²) < 4.78 is 5.17. The van der Waals surface area contributed by atoms with Gasteiger partial charge in [-0.05, 0) is 6.08 Å². The van der Waals surface area contributed by atoms with Gasteiger partial charge in [0.25, 0.3) is 0 Å². The van der Waals surface area contributed by atoms with Crippen molar-refractivity contribution >= 4 is 41.4 Å². The van der Waals surface area contributed by atoms with Gasteiger partial charge in [-0.25, -0.2) is 4.79 Å². The van der Waals surface area contributed by atoms with E-state index in [1.54, 1.807) is 0 Å². The Kier molecular flexibility index (Phi) is 3.77. The molecule has 2 saturated heterocycles. The van der Waals surface area contributed by atoms with Crippen molar-refractivity contribution < 1.29 is 24.5 Å². The maximum atomic E-state index is 11.1. The van der Waals surface area contributed by atoms with Crippen LogP contribution in [0.5, 0.6) is 0 Å². The van der Waals surface area contributed by atoms with Crippen LogP contribution >= 0.6 is 0 Å². The zero-order valence-corrected chi connectivity index (χ0v) is 7.21. The van der Waals surface area contributed by atoms with Crippen molar-refractivity contribution in [3.8, 4) is 0 Å². The van der Waals surface area contributed by atoms with Crippen LogP contribution in [-0.2, 0) is 14.3 Å². The molecule has 2 rings (SSSR count). The second-order valence-electron chi connectivity index (χ2n) is 3.11. The van der Waals surface area contributed by atoms with Gasteiger partial charge < -0.3 is 14.9 Å². The Morgan fingerprint density at radius 3 is 2.80 bits per heavy atom. The first-order valence-corrected chi connectivity index (χ1v) is 4.16. The predicted molar refractivity (Wildman–Crippen MR) is 50.1 cm³/mol. The number of β-lactam (4-membered cyclic amide) rings is 1. The molecule has 2 unspecified atom stereocenters. The van der Waals surface area contributed by atoms with Gasteiger partial charge in [-0.3, -0.25) is 9.69 Å². The molecule has 0 aromatic rings. The summed E-state index contributed by atoms with van der Waals surface area (Å²) in [5.41, 5.74) is 0. The molecule has 0 aromatic heterocycles. The zero-order chi connectivity index (χ0) is 10.3. The fourth-order valence-electron chi connectivity index (χ4n) is 1.66. The van der Waals surface area contributed by atoms with E-state index in [0.29, 0.717) is 0 Å². The van der Waals surface area contributed by atoms with Gasteiger partial charge in [0.1, 0.15) is 5.76 Å². The average Bonchev–Trinajstić information content (AvgIpc) is 2.39. The number of ether oxygens (including phenoxy) is 1. The molecular formula is C8H10NNaO5. The number of nitrogens with zero attached hydrogens (tertiary/aromatic N) is 1. The molecule has 2 fully saturated rings. The van der Waals surface area contributed by atoms with Crippen LogP contribution in [0.3, 0.4) is 0 Å². The van der Waals surface area contributed by atoms with Gasteiger partial charge >= 0.3 is 35.5 Å². The van der Waals surface area contributed by atoms with Gasteiger partial charge in [0.15, 0.2) is 12.3 Å². The molecule has 2 heterocycles. The number of fused-ring (bicyclic) bond motifs is 1. The normalized spacial score (nSPS) is 30.3. The molecule has 15 heavy (non-hydrogen) atoms. The van der Waals surface area contributed by atoms with Gasteiger partial charge in [0.2, 0.25) is 5.91 Å². The molecule has 0 bridgehead atoms. The van der Waals surface area contributed by atoms with Crippen LogP contribution in [0.2, 0.25) is 0 Å². The van der Waals surface area contributed by atoms with Crippen LogP contribution in [0.15, 0.2) is 11.8 Å². The zero-order valence-electron chi connectivity index (χ0n) is 7.21. The molecule has 2 aliphatic rings. The van der Waals surface area contributed by atoms with E-state index in [4.69, 9.17) is 14.9 Å². The molecule has 0 saturated carbocycles. The van der Waals surface area contributed by atoms with E-state index in [0.717, 1.165) is 0 Å². The Bertz CT molecular complexity index is 329. The van der Waals surface area contributed by atoms with Crippen molar-refractivity contribution in [2.24, 2.45) is 0 Å². The second-order valence-corrected chi connectivity index (χ2v) is 3.11. The number of hydrogen-bond acceptors (Lipinski definition) is 4. The number of carbonyl (C=O) groups is 2. The van der Waals surface area contributed by atoms with Crippen molar-refractivity contribution in [3.05, 3.63) is 11.8 Å². The molecule has 1 amide bonds.